The number of amides is 1. The molecule has 0 aliphatic carbocycles. The average molecular weight is 415 g/mol. The maximum Gasteiger partial charge on any atom is 0.410 e. The van der Waals surface area contributed by atoms with Crippen LogP contribution in [0.1, 0.15) is 66.4 Å². The summed E-state index contributed by atoms with van der Waals surface area (Å²) in [5, 5.41) is 3.84. The minimum Gasteiger partial charge on any atom is -0.493 e. The quantitative estimate of drug-likeness (QED) is 0.652. The zero-order chi connectivity index (χ0) is 21.6. The molecule has 162 valence electrons. The number of likely N-dealkylation sites (tertiary alicyclic amines) is 1. The Hall–Kier alpha value is -1.46. The summed E-state index contributed by atoms with van der Waals surface area (Å²) in [4.78, 5) is 13.1. The van der Waals surface area contributed by atoms with Gasteiger partial charge in [-0.1, -0.05) is 32.4 Å². The van der Waals surface area contributed by atoms with Crippen molar-refractivity contribution in [3.05, 3.63) is 28.8 Å². The number of hydrogen-bond acceptors (Lipinski definition) is 4. The second-order valence-electron chi connectivity index (χ2n) is 7.31. The molecule has 1 aliphatic rings. The maximum atomic E-state index is 11.4. The normalized spacial score (nSPS) is 13.1. The van der Waals surface area contributed by atoms with Crippen molar-refractivity contribution in [2.24, 2.45) is 0 Å². The monoisotopic (exact) mass is 414 g/mol. The zero-order valence-corrected chi connectivity index (χ0v) is 19.5. The molecule has 6 heteroatoms. The Kier molecular flexibility index (Phi) is 13.8. The number of ether oxygens (including phenoxy) is 2. The standard InChI is InChI=1S/C11H16ClNO.C9H17NO2.C2H6/c1-3-6-14-11-5-4-10(12)7-9(11)8-13-2;1-9(2,3)12-8(11)10-6-4-5-7-10;1-2/h4-5,7,13H,3,6,8H2,1-2H3;4-7H2,1-3H3;1-2H3. The van der Waals surface area contributed by atoms with E-state index in [4.69, 9.17) is 21.1 Å². The molecular weight excluding hydrogens is 376 g/mol. The van der Waals surface area contributed by atoms with Crippen LogP contribution < -0.4 is 10.1 Å². The molecular formula is C22H39ClN2O3. The van der Waals surface area contributed by atoms with E-state index in [9.17, 15) is 4.79 Å². The van der Waals surface area contributed by atoms with Crippen molar-refractivity contribution >= 4 is 17.7 Å². The van der Waals surface area contributed by atoms with Gasteiger partial charge in [-0.15, -0.1) is 0 Å². The lowest BCUT2D eigenvalue weighted by Crippen LogP contribution is -2.34. The van der Waals surface area contributed by atoms with E-state index in [1.807, 2.05) is 59.9 Å². The van der Waals surface area contributed by atoms with E-state index in [0.717, 1.165) is 61.8 Å². The fourth-order valence-corrected chi connectivity index (χ4v) is 2.65. The Labute approximate surface area is 176 Å². The van der Waals surface area contributed by atoms with E-state index >= 15 is 0 Å². The smallest absolute Gasteiger partial charge is 0.410 e. The van der Waals surface area contributed by atoms with Gasteiger partial charge in [0.05, 0.1) is 6.61 Å². The first-order valence-electron chi connectivity index (χ1n) is 10.3. The summed E-state index contributed by atoms with van der Waals surface area (Å²) >= 11 is 5.90. The molecule has 0 unspecified atom stereocenters. The first-order chi connectivity index (χ1) is 13.3. The number of carbonyl (C=O) groups is 1. The van der Waals surface area contributed by atoms with Crippen molar-refractivity contribution in [2.75, 3.05) is 26.7 Å². The van der Waals surface area contributed by atoms with Gasteiger partial charge in [-0.2, -0.15) is 0 Å². The second kappa shape index (κ2) is 14.5. The van der Waals surface area contributed by atoms with Crippen LogP contribution in [-0.4, -0.2) is 43.3 Å². The summed E-state index contributed by atoms with van der Waals surface area (Å²) in [5.41, 5.74) is 0.744. The molecule has 5 nitrogen and oxygen atoms in total. The van der Waals surface area contributed by atoms with Crippen LogP contribution in [0.15, 0.2) is 18.2 Å². The van der Waals surface area contributed by atoms with E-state index in [0.29, 0.717) is 0 Å². The molecule has 0 spiro atoms. The summed E-state index contributed by atoms with van der Waals surface area (Å²) in [6.45, 7) is 15.0. The summed E-state index contributed by atoms with van der Waals surface area (Å²) in [5.74, 6) is 0.922. The fourth-order valence-electron chi connectivity index (χ4n) is 2.46. The van der Waals surface area contributed by atoms with E-state index in [2.05, 4.69) is 12.2 Å². The van der Waals surface area contributed by atoms with E-state index < -0.39 is 0 Å². The molecule has 0 atom stereocenters. The second-order valence-corrected chi connectivity index (χ2v) is 7.74. The molecule has 1 aromatic carbocycles. The molecule has 1 aliphatic heterocycles. The first kappa shape index (κ1) is 26.5. The van der Waals surface area contributed by atoms with E-state index in [-0.39, 0.29) is 11.7 Å². The fraction of sp³-hybridized carbons (Fsp3) is 0.682. The van der Waals surface area contributed by atoms with Gasteiger partial charge in [-0.05, 0) is 65.3 Å². The maximum absolute atomic E-state index is 11.4. The number of nitrogens with zero attached hydrogens (tertiary/aromatic N) is 1. The van der Waals surface area contributed by atoms with Crippen LogP contribution in [0.25, 0.3) is 0 Å². The van der Waals surface area contributed by atoms with Crippen LogP contribution >= 0.6 is 11.6 Å². The van der Waals surface area contributed by atoms with Crippen LogP contribution in [0.2, 0.25) is 5.02 Å². The highest BCUT2D eigenvalue weighted by atomic mass is 35.5. The molecule has 1 fully saturated rings. The van der Waals surface area contributed by atoms with E-state index in [1.54, 1.807) is 4.90 Å². The van der Waals surface area contributed by atoms with Gasteiger partial charge in [-0.3, -0.25) is 0 Å². The van der Waals surface area contributed by atoms with Crippen LogP contribution in [0.4, 0.5) is 4.79 Å². The van der Waals surface area contributed by atoms with Gasteiger partial charge in [0.15, 0.2) is 0 Å². The molecule has 0 saturated carbocycles. The van der Waals surface area contributed by atoms with Gasteiger partial charge in [0.25, 0.3) is 0 Å². The molecule has 1 amide bonds. The first-order valence-corrected chi connectivity index (χ1v) is 10.7. The number of hydrogen-bond donors (Lipinski definition) is 1. The third-order valence-electron chi connectivity index (χ3n) is 3.61. The van der Waals surface area contributed by atoms with Gasteiger partial charge in [0.2, 0.25) is 0 Å². The average Bonchev–Trinajstić information content (AvgIpc) is 3.17. The van der Waals surface area contributed by atoms with Crippen LogP contribution in [0.5, 0.6) is 5.75 Å². The van der Waals surface area contributed by atoms with Crippen LogP contribution in [0.3, 0.4) is 0 Å². The number of carbonyl (C=O) groups excluding carboxylic acids is 1. The summed E-state index contributed by atoms with van der Waals surface area (Å²) in [6, 6.07) is 5.71. The Balaban J connectivity index is 0.000000483. The molecule has 1 N–H and O–H groups in total. The number of benzene rings is 1. The van der Waals surface area contributed by atoms with Crippen molar-refractivity contribution in [3.63, 3.8) is 0 Å². The topological polar surface area (TPSA) is 50.8 Å². The number of rotatable bonds is 5. The molecule has 28 heavy (non-hydrogen) atoms. The highest BCUT2D eigenvalue weighted by Crippen LogP contribution is 2.22. The SMILES string of the molecule is CC.CC(C)(C)OC(=O)N1CCCC1.CCCOc1ccc(Cl)cc1CNC. The van der Waals surface area contributed by atoms with Gasteiger partial charge >= 0.3 is 6.09 Å². The zero-order valence-electron chi connectivity index (χ0n) is 18.7. The summed E-state index contributed by atoms with van der Waals surface area (Å²) in [6.07, 6.45) is 3.07. The molecule has 0 bridgehead atoms. The summed E-state index contributed by atoms with van der Waals surface area (Å²) < 4.78 is 10.8. The van der Waals surface area contributed by atoms with Crippen LogP contribution in [-0.2, 0) is 11.3 Å². The Morgan fingerprint density at radius 1 is 1.21 bits per heavy atom. The van der Waals surface area contributed by atoms with Crippen LogP contribution in [0, 0.1) is 0 Å². The number of nitrogens with one attached hydrogen (secondary N) is 1. The van der Waals surface area contributed by atoms with Crippen molar-refractivity contribution < 1.29 is 14.3 Å². The Morgan fingerprint density at radius 2 is 1.82 bits per heavy atom. The minimum atomic E-state index is -0.361. The lowest BCUT2D eigenvalue weighted by Gasteiger charge is -2.23. The highest BCUT2D eigenvalue weighted by Gasteiger charge is 2.23. The minimum absolute atomic E-state index is 0.167. The van der Waals surface area contributed by atoms with Gasteiger partial charge in [0.1, 0.15) is 11.4 Å². The molecule has 1 saturated heterocycles. The molecule has 1 heterocycles. The molecule has 0 aromatic heterocycles. The van der Waals surface area contributed by atoms with Gasteiger partial charge < -0.3 is 19.7 Å². The third-order valence-corrected chi connectivity index (χ3v) is 3.84. The lowest BCUT2D eigenvalue weighted by molar-refractivity contribution is 0.0295. The third kappa shape index (κ3) is 11.4. The van der Waals surface area contributed by atoms with E-state index in [1.165, 1.54) is 0 Å². The lowest BCUT2D eigenvalue weighted by atomic mass is 10.2. The molecule has 0 radical (unpaired) electrons. The predicted octanol–water partition coefficient (Wildman–Crippen LogP) is 5.89. The van der Waals surface area contributed by atoms with Crippen molar-refractivity contribution in [1.29, 1.82) is 0 Å². The highest BCUT2D eigenvalue weighted by molar-refractivity contribution is 6.30. The van der Waals surface area contributed by atoms with Gasteiger partial charge in [-0.25, -0.2) is 4.79 Å². The Bertz CT molecular complexity index is 553. The summed E-state index contributed by atoms with van der Waals surface area (Å²) in [7, 11) is 1.91. The van der Waals surface area contributed by atoms with Crippen molar-refractivity contribution in [1.82, 2.24) is 10.2 Å². The van der Waals surface area contributed by atoms with Crippen molar-refractivity contribution in [3.8, 4) is 5.75 Å². The molecule has 1 aromatic rings. The number of halogens is 1. The predicted molar refractivity (Wildman–Crippen MR) is 118 cm³/mol. The molecule has 2 rings (SSSR count). The van der Waals surface area contributed by atoms with Crippen molar-refractivity contribution in [2.45, 2.75) is 73.0 Å². The largest absolute Gasteiger partial charge is 0.493 e. The van der Waals surface area contributed by atoms with Gasteiger partial charge in [0, 0.05) is 30.2 Å². The Morgan fingerprint density at radius 3 is 2.32 bits per heavy atom.